The Morgan fingerprint density at radius 2 is 1.85 bits per heavy atom. The number of hydrogen-bond acceptors (Lipinski definition) is 4. The number of hydrogen-bond donors (Lipinski definition) is 1. The van der Waals surface area contributed by atoms with E-state index >= 15 is 0 Å². The highest BCUT2D eigenvalue weighted by atomic mass is 16.5. The topological polar surface area (TPSA) is 71.5 Å². The van der Waals surface area contributed by atoms with Crippen molar-refractivity contribution in [1.29, 1.82) is 0 Å². The second kappa shape index (κ2) is 9.16. The molecule has 0 saturated carbocycles. The summed E-state index contributed by atoms with van der Waals surface area (Å²) < 4.78 is 5.58. The van der Waals surface area contributed by atoms with Gasteiger partial charge in [0, 0.05) is 24.7 Å². The number of carbonyl (C=O) groups is 2. The van der Waals surface area contributed by atoms with Gasteiger partial charge in [-0.2, -0.15) is 0 Å². The fraction of sp³-hybridized carbons (Fsp3) is 0.381. The van der Waals surface area contributed by atoms with Crippen molar-refractivity contribution in [2.45, 2.75) is 26.2 Å². The lowest BCUT2D eigenvalue weighted by molar-refractivity contribution is -0.135. The molecule has 0 spiro atoms. The minimum atomic E-state index is -0.0862. The summed E-state index contributed by atoms with van der Waals surface area (Å²) in [5, 5.41) is 2.88. The fourth-order valence-corrected chi connectivity index (χ4v) is 3.16. The molecule has 6 heteroatoms. The molecule has 1 aliphatic rings. The largest absolute Gasteiger partial charge is 0.493 e. The van der Waals surface area contributed by atoms with E-state index in [2.05, 4.69) is 10.3 Å². The first kappa shape index (κ1) is 18.9. The van der Waals surface area contributed by atoms with Crippen LogP contribution in [0.5, 0.6) is 5.75 Å². The molecule has 0 radical (unpaired) electrons. The molecule has 0 aliphatic carbocycles. The number of aryl methyl sites for hydroxylation is 1. The third-order valence-electron chi connectivity index (χ3n) is 4.69. The number of rotatable bonds is 6. The van der Waals surface area contributed by atoms with E-state index in [4.69, 9.17) is 4.74 Å². The number of anilines is 1. The number of pyridine rings is 1. The zero-order valence-electron chi connectivity index (χ0n) is 15.6. The Morgan fingerprint density at radius 1 is 1.11 bits per heavy atom. The molecule has 1 N–H and O–H groups in total. The second-order valence-corrected chi connectivity index (χ2v) is 6.72. The van der Waals surface area contributed by atoms with Gasteiger partial charge in [0.05, 0.1) is 13.0 Å². The molecule has 1 aromatic heterocycles. The molecule has 27 heavy (non-hydrogen) atoms. The molecule has 0 bridgehead atoms. The highest BCUT2D eigenvalue weighted by Gasteiger charge is 2.27. The molecular weight excluding hydrogens is 342 g/mol. The Kier molecular flexibility index (Phi) is 6.41. The lowest BCUT2D eigenvalue weighted by Crippen LogP contribution is -2.41. The quantitative estimate of drug-likeness (QED) is 0.852. The summed E-state index contributed by atoms with van der Waals surface area (Å²) in [5.41, 5.74) is 0.867. The Hall–Kier alpha value is -2.89. The molecule has 142 valence electrons. The van der Waals surface area contributed by atoms with Gasteiger partial charge in [0.15, 0.2) is 0 Å². The van der Waals surface area contributed by atoms with Crippen LogP contribution in [0.3, 0.4) is 0 Å². The van der Waals surface area contributed by atoms with E-state index in [0.29, 0.717) is 44.8 Å². The maximum Gasteiger partial charge on any atom is 0.228 e. The standard InChI is InChI=1S/C21H25N3O3/c1-16-6-5-9-19(22-16)23-21(26)17-10-13-24(14-11-17)20(25)12-15-27-18-7-3-2-4-8-18/h2-9,17H,10-15H2,1H3,(H,22,23,26). The summed E-state index contributed by atoms with van der Waals surface area (Å²) in [4.78, 5) is 30.9. The zero-order chi connectivity index (χ0) is 19.1. The molecule has 2 amide bonds. The summed E-state index contributed by atoms with van der Waals surface area (Å²) in [6.45, 7) is 3.45. The molecular formula is C21H25N3O3. The van der Waals surface area contributed by atoms with E-state index in [9.17, 15) is 9.59 Å². The van der Waals surface area contributed by atoms with E-state index in [-0.39, 0.29) is 17.7 Å². The molecule has 1 aliphatic heterocycles. The van der Waals surface area contributed by atoms with E-state index in [1.165, 1.54) is 0 Å². The van der Waals surface area contributed by atoms with Crippen LogP contribution in [0.2, 0.25) is 0 Å². The molecule has 3 rings (SSSR count). The van der Waals surface area contributed by atoms with Crippen LogP contribution < -0.4 is 10.1 Å². The van der Waals surface area contributed by atoms with E-state index in [0.717, 1.165) is 11.4 Å². The summed E-state index contributed by atoms with van der Waals surface area (Å²) in [5.74, 6) is 1.32. The molecule has 2 heterocycles. The minimum Gasteiger partial charge on any atom is -0.493 e. The van der Waals surface area contributed by atoms with Crippen molar-refractivity contribution >= 4 is 17.6 Å². The lowest BCUT2D eigenvalue weighted by Gasteiger charge is -2.31. The molecule has 2 aromatic rings. The van der Waals surface area contributed by atoms with Crippen LogP contribution in [0.15, 0.2) is 48.5 Å². The van der Waals surface area contributed by atoms with Gasteiger partial charge in [-0.05, 0) is 44.0 Å². The Labute approximate surface area is 159 Å². The maximum atomic E-state index is 12.4. The number of likely N-dealkylation sites (tertiary alicyclic amines) is 1. The second-order valence-electron chi connectivity index (χ2n) is 6.72. The SMILES string of the molecule is Cc1cccc(NC(=O)C2CCN(C(=O)CCOc3ccccc3)CC2)n1. The average Bonchev–Trinajstić information content (AvgIpc) is 2.69. The smallest absolute Gasteiger partial charge is 0.228 e. The normalized spacial score (nSPS) is 14.6. The van der Waals surface area contributed by atoms with Gasteiger partial charge in [-0.3, -0.25) is 9.59 Å². The first-order valence-electron chi connectivity index (χ1n) is 9.32. The van der Waals surface area contributed by atoms with Crippen molar-refractivity contribution in [3.05, 3.63) is 54.2 Å². The van der Waals surface area contributed by atoms with Gasteiger partial charge in [0.1, 0.15) is 11.6 Å². The number of para-hydroxylation sites is 1. The van der Waals surface area contributed by atoms with Gasteiger partial charge in [-0.15, -0.1) is 0 Å². The van der Waals surface area contributed by atoms with Crippen molar-refractivity contribution in [2.75, 3.05) is 25.0 Å². The number of carbonyl (C=O) groups excluding carboxylic acids is 2. The van der Waals surface area contributed by atoms with Crippen molar-refractivity contribution in [3.8, 4) is 5.75 Å². The first-order valence-corrected chi connectivity index (χ1v) is 9.32. The number of amides is 2. The van der Waals surface area contributed by atoms with Gasteiger partial charge in [-0.25, -0.2) is 4.98 Å². The highest BCUT2D eigenvalue weighted by Crippen LogP contribution is 2.20. The van der Waals surface area contributed by atoms with E-state index < -0.39 is 0 Å². The third-order valence-corrected chi connectivity index (χ3v) is 4.69. The van der Waals surface area contributed by atoms with Crippen molar-refractivity contribution in [2.24, 2.45) is 5.92 Å². The lowest BCUT2D eigenvalue weighted by atomic mass is 9.95. The predicted molar refractivity (Wildman–Crippen MR) is 103 cm³/mol. The van der Waals surface area contributed by atoms with Crippen LogP contribution in [-0.4, -0.2) is 41.4 Å². The Bertz CT molecular complexity index is 771. The molecule has 0 atom stereocenters. The number of nitrogens with one attached hydrogen (secondary N) is 1. The average molecular weight is 367 g/mol. The Balaban J connectivity index is 1.40. The van der Waals surface area contributed by atoms with Crippen molar-refractivity contribution in [3.63, 3.8) is 0 Å². The molecule has 0 unspecified atom stereocenters. The predicted octanol–water partition coefficient (Wildman–Crippen LogP) is 3.04. The van der Waals surface area contributed by atoms with Crippen LogP contribution in [0.4, 0.5) is 5.82 Å². The van der Waals surface area contributed by atoms with E-state index in [1.54, 1.807) is 6.07 Å². The van der Waals surface area contributed by atoms with Gasteiger partial charge >= 0.3 is 0 Å². The summed E-state index contributed by atoms with van der Waals surface area (Å²) in [7, 11) is 0. The van der Waals surface area contributed by atoms with Crippen LogP contribution >= 0.6 is 0 Å². The molecule has 6 nitrogen and oxygen atoms in total. The fourth-order valence-electron chi connectivity index (χ4n) is 3.16. The minimum absolute atomic E-state index is 0.0207. The van der Waals surface area contributed by atoms with Crippen LogP contribution in [0, 0.1) is 12.8 Å². The number of nitrogens with zero attached hydrogens (tertiary/aromatic N) is 2. The van der Waals surface area contributed by atoms with Crippen LogP contribution in [0.1, 0.15) is 25.0 Å². The zero-order valence-corrected chi connectivity index (χ0v) is 15.6. The summed E-state index contributed by atoms with van der Waals surface area (Å²) in [6, 6.07) is 15.0. The highest BCUT2D eigenvalue weighted by molar-refractivity contribution is 5.91. The van der Waals surface area contributed by atoms with E-state index in [1.807, 2.05) is 54.3 Å². The van der Waals surface area contributed by atoms with Crippen molar-refractivity contribution in [1.82, 2.24) is 9.88 Å². The number of ether oxygens (including phenoxy) is 1. The molecule has 1 fully saturated rings. The van der Waals surface area contributed by atoms with Gasteiger partial charge in [-0.1, -0.05) is 24.3 Å². The monoisotopic (exact) mass is 367 g/mol. The first-order chi connectivity index (χ1) is 13.1. The third kappa shape index (κ3) is 5.54. The van der Waals surface area contributed by atoms with Gasteiger partial charge < -0.3 is 15.0 Å². The summed E-state index contributed by atoms with van der Waals surface area (Å²) in [6.07, 6.45) is 1.69. The van der Waals surface area contributed by atoms with Crippen molar-refractivity contribution < 1.29 is 14.3 Å². The summed E-state index contributed by atoms with van der Waals surface area (Å²) >= 11 is 0. The van der Waals surface area contributed by atoms with Crippen LogP contribution in [0.25, 0.3) is 0 Å². The maximum absolute atomic E-state index is 12.4. The van der Waals surface area contributed by atoms with Gasteiger partial charge in [0.25, 0.3) is 0 Å². The Morgan fingerprint density at radius 3 is 2.56 bits per heavy atom. The molecule has 1 aromatic carbocycles. The number of aromatic nitrogens is 1. The number of piperidine rings is 1. The van der Waals surface area contributed by atoms with Gasteiger partial charge in [0.2, 0.25) is 11.8 Å². The number of benzene rings is 1. The molecule has 1 saturated heterocycles. The van der Waals surface area contributed by atoms with Crippen LogP contribution in [-0.2, 0) is 9.59 Å².